The molecule has 1 aromatic heterocycles. The van der Waals surface area contributed by atoms with Crippen LogP contribution in [0.2, 0.25) is 0 Å². The minimum atomic E-state index is 0.637. The molecule has 0 aliphatic rings. The molecule has 118 valence electrons. The second-order valence-corrected chi connectivity index (χ2v) is 5.86. The molecule has 0 radical (unpaired) electrons. The second kappa shape index (κ2) is 8.51. The summed E-state index contributed by atoms with van der Waals surface area (Å²) < 4.78 is 1.90. The first-order chi connectivity index (χ1) is 10.6. The topological polar surface area (TPSA) is 45.1 Å². The third-order valence-electron chi connectivity index (χ3n) is 3.15. The van der Waals surface area contributed by atoms with Crippen molar-refractivity contribution in [3.63, 3.8) is 0 Å². The lowest BCUT2D eigenvalue weighted by molar-refractivity contribution is 0.400. The van der Waals surface area contributed by atoms with E-state index in [2.05, 4.69) is 46.9 Å². The van der Waals surface area contributed by atoms with Crippen LogP contribution in [0.1, 0.15) is 12.0 Å². The van der Waals surface area contributed by atoms with Crippen LogP contribution in [0.25, 0.3) is 0 Å². The predicted molar refractivity (Wildman–Crippen MR) is 95.2 cm³/mol. The van der Waals surface area contributed by atoms with Gasteiger partial charge in [0.25, 0.3) is 0 Å². The maximum Gasteiger partial charge on any atom is 0.170 e. The standard InChI is InChI=1S/C16H23N5S/c1-20(2)10-6-9-17-16(22)19-15-11-18-21(13-15)12-14-7-4-3-5-8-14/h3-5,7-8,11,13H,6,9-10,12H2,1-2H3,(H2,17,19,22). The molecule has 0 spiro atoms. The van der Waals surface area contributed by atoms with Gasteiger partial charge in [-0.15, -0.1) is 0 Å². The van der Waals surface area contributed by atoms with Crippen molar-refractivity contribution in [1.82, 2.24) is 20.0 Å². The molecule has 0 aliphatic carbocycles. The van der Waals surface area contributed by atoms with Gasteiger partial charge >= 0.3 is 0 Å². The van der Waals surface area contributed by atoms with Crippen molar-refractivity contribution in [2.24, 2.45) is 0 Å². The number of nitrogens with zero attached hydrogens (tertiary/aromatic N) is 3. The van der Waals surface area contributed by atoms with E-state index in [9.17, 15) is 0 Å². The molecule has 0 atom stereocenters. The minimum absolute atomic E-state index is 0.637. The van der Waals surface area contributed by atoms with Gasteiger partial charge in [-0.05, 0) is 44.8 Å². The highest BCUT2D eigenvalue weighted by Gasteiger charge is 2.02. The van der Waals surface area contributed by atoms with Crippen molar-refractivity contribution in [3.8, 4) is 0 Å². The molecule has 2 rings (SSSR count). The highest BCUT2D eigenvalue weighted by molar-refractivity contribution is 7.80. The summed E-state index contributed by atoms with van der Waals surface area (Å²) in [5, 5.41) is 11.3. The van der Waals surface area contributed by atoms with Gasteiger partial charge in [0.15, 0.2) is 5.11 Å². The lowest BCUT2D eigenvalue weighted by Gasteiger charge is -2.11. The van der Waals surface area contributed by atoms with Crippen LogP contribution in [0.5, 0.6) is 0 Å². The number of aromatic nitrogens is 2. The van der Waals surface area contributed by atoms with Crippen LogP contribution in [-0.2, 0) is 6.54 Å². The van der Waals surface area contributed by atoms with Crippen LogP contribution >= 0.6 is 12.2 Å². The summed E-state index contributed by atoms with van der Waals surface area (Å²) in [6.45, 7) is 2.67. The Morgan fingerprint density at radius 2 is 2.05 bits per heavy atom. The van der Waals surface area contributed by atoms with E-state index in [1.165, 1.54) is 5.56 Å². The quantitative estimate of drug-likeness (QED) is 0.605. The van der Waals surface area contributed by atoms with E-state index in [1.54, 1.807) is 6.20 Å². The fourth-order valence-corrected chi connectivity index (χ4v) is 2.28. The third kappa shape index (κ3) is 5.83. The van der Waals surface area contributed by atoms with Crippen LogP contribution in [-0.4, -0.2) is 47.0 Å². The molecule has 0 bridgehead atoms. The summed E-state index contributed by atoms with van der Waals surface area (Å²) in [6.07, 6.45) is 4.81. The van der Waals surface area contributed by atoms with Crippen molar-refractivity contribution in [3.05, 3.63) is 48.3 Å². The van der Waals surface area contributed by atoms with Gasteiger partial charge in [-0.1, -0.05) is 30.3 Å². The number of benzene rings is 1. The SMILES string of the molecule is CN(C)CCCNC(=S)Nc1cnn(Cc2ccccc2)c1. The highest BCUT2D eigenvalue weighted by Crippen LogP contribution is 2.07. The monoisotopic (exact) mass is 317 g/mol. The van der Waals surface area contributed by atoms with E-state index in [4.69, 9.17) is 12.2 Å². The molecule has 0 amide bonds. The van der Waals surface area contributed by atoms with Gasteiger partial charge in [0.05, 0.1) is 18.4 Å². The van der Waals surface area contributed by atoms with Crippen molar-refractivity contribution in [2.45, 2.75) is 13.0 Å². The van der Waals surface area contributed by atoms with E-state index in [0.717, 1.165) is 31.7 Å². The molecular formula is C16H23N5S. The lowest BCUT2D eigenvalue weighted by Crippen LogP contribution is -2.30. The van der Waals surface area contributed by atoms with Gasteiger partial charge in [-0.25, -0.2) is 0 Å². The molecule has 1 heterocycles. The molecule has 0 saturated carbocycles. The third-order valence-corrected chi connectivity index (χ3v) is 3.39. The van der Waals surface area contributed by atoms with Crippen molar-refractivity contribution in [2.75, 3.05) is 32.5 Å². The van der Waals surface area contributed by atoms with Gasteiger partial charge in [0.1, 0.15) is 0 Å². The fourth-order valence-electron chi connectivity index (χ4n) is 2.06. The number of hydrogen-bond acceptors (Lipinski definition) is 3. The Morgan fingerprint density at radius 1 is 1.27 bits per heavy atom. The first-order valence-electron chi connectivity index (χ1n) is 7.39. The Morgan fingerprint density at radius 3 is 2.77 bits per heavy atom. The molecule has 22 heavy (non-hydrogen) atoms. The molecule has 0 unspecified atom stereocenters. The summed E-state index contributed by atoms with van der Waals surface area (Å²) in [6, 6.07) is 10.3. The normalized spacial score (nSPS) is 10.7. The van der Waals surface area contributed by atoms with E-state index in [1.807, 2.05) is 29.1 Å². The van der Waals surface area contributed by atoms with E-state index in [-0.39, 0.29) is 0 Å². The Labute approximate surface area is 137 Å². The maximum absolute atomic E-state index is 5.28. The molecule has 2 aromatic rings. The van der Waals surface area contributed by atoms with Crippen LogP contribution < -0.4 is 10.6 Å². The molecule has 0 aliphatic heterocycles. The molecule has 6 heteroatoms. The molecule has 1 aromatic carbocycles. The summed E-state index contributed by atoms with van der Waals surface area (Å²) in [5.41, 5.74) is 2.13. The van der Waals surface area contributed by atoms with Crippen LogP contribution in [0.15, 0.2) is 42.7 Å². The van der Waals surface area contributed by atoms with Gasteiger partial charge in [0.2, 0.25) is 0 Å². The molecule has 2 N–H and O–H groups in total. The van der Waals surface area contributed by atoms with E-state index in [0.29, 0.717) is 5.11 Å². The maximum atomic E-state index is 5.28. The zero-order valence-electron chi connectivity index (χ0n) is 13.1. The molecule has 5 nitrogen and oxygen atoms in total. The largest absolute Gasteiger partial charge is 0.362 e. The van der Waals surface area contributed by atoms with Crippen LogP contribution in [0.3, 0.4) is 0 Å². The number of rotatable bonds is 7. The van der Waals surface area contributed by atoms with Crippen molar-refractivity contribution < 1.29 is 0 Å². The highest BCUT2D eigenvalue weighted by atomic mass is 32.1. The van der Waals surface area contributed by atoms with Crippen molar-refractivity contribution in [1.29, 1.82) is 0 Å². The average Bonchev–Trinajstić information content (AvgIpc) is 2.91. The average molecular weight is 317 g/mol. The summed E-state index contributed by atoms with van der Waals surface area (Å²) in [5.74, 6) is 0. The fraction of sp³-hybridized carbons (Fsp3) is 0.375. The molecule has 0 fully saturated rings. The second-order valence-electron chi connectivity index (χ2n) is 5.45. The first kappa shape index (κ1) is 16.5. The summed E-state index contributed by atoms with van der Waals surface area (Å²) in [7, 11) is 4.13. The summed E-state index contributed by atoms with van der Waals surface area (Å²) in [4.78, 5) is 2.16. The summed E-state index contributed by atoms with van der Waals surface area (Å²) >= 11 is 5.28. The van der Waals surface area contributed by atoms with Gasteiger partial charge < -0.3 is 15.5 Å². The van der Waals surface area contributed by atoms with Crippen molar-refractivity contribution >= 4 is 23.0 Å². The number of nitrogens with one attached hydrogen (secondary N) is 2. The number of anilines is 1. The Balaban J connectivity index is 1.75. The van der Waals surface area contributed by atoms with Crippen LogP contribution in [0, 0.1) is 0 Å². The predicted octanol–water partition coefficient (Wildman–Crippen LogP) is 2.17. The van der Waals surface area contributed by atoms with E-state index < -0.39 is 0 Å². The van der Waals surface area contributed by atoms with E-state index >= 15 is 0 Å². The molecule has 0 saturated heterocycles. The minimum Gasteiger partial charge on any atom is -0.362 e. The van der Waals surface area contributed by atoms with Gasteiger partial charge in [-0.2, -0.15) is 5.10 Å². The Hall–Kier alpha value is -1.92. The van der Waals surface area contributed by atoms with Gasteiger partial charge in [-0.3, -0.25) is 4.68 Å². The number of thiocarbonyl (C=S) groups is 1. The van der Waals surface area contributed by atoms with Crippen LogP contribution in [0.4, 0.5) is 5.69 Å². The van der Waals surface area contributed by atoms with Gasteiger partial charge in [0, 0.05) is 12.7 Å². The zero-order chi connectivity index (χ0) is 15.8. The zero-order valence-corrected chi connectivity index (χ0v) is 13.9. The Bertz CT molecular complexity index is 579. The Kier molecular flexibility index (Phi) is 6.36. The molecular weight excluding hydrogens is 294 g/mol. The number of hydrogen-bond donors (Lipinski definition) is 2. The first-order valence-corrected chi connectivity index (χ1v) is 7.80. The smallest absolute Gasteiger partial charge is 0.170 e. The lowest BCUT2D eigenvalue weighted by atomic mass is 10.2.